The second-order valence-electron chi connectivity index (χ2n) is 10.6. The Morgan fingerprint density at radius 1 is 0.956 bits per heavy atom. The van der Waals surface area contributed by atoms with E-state index >= 15 is 0 Å². The van der Waals surface area contributed by atoms with Crippen molar-refractivity contribution in [1.29, 1.82) is 0 Å². The summed E-state index contributed by atoms with van der Waals surface area (Å²) in [6.45, 7) is 13.7. The molecule has 1 amide bonds. The standard InChI is InChI=1S/C18H18N4.C14H18F3N3O.C2H6/c1-12-5-6-13(2)16(9-12)8-7-15-10-14(3)17-20-18(19-4)21-22(17)11-15;1-19-4-6-20(7-5-19)9-11-2-3-12(18-10-21)8-13(11)14(15,16)17;1-2/h5-6,9-11H,1-4H3,(H,19,21);2-3,8,10H,4-7,9H2,1H3,(H,18,21);1-2H3. The van der Waals surface area contributed by atoms with Crippen LogP contribution in [-0.4, -0.2) is 71.1 Å². The molecule has 1 aliphatic rings. The van der Waals surface area contributed by atoms with Crippen molar-refractivity contribution in [3.05, 3.63) is 87.6 Å². The highest BCUT2D eigenvalue weighted by molar-refractivity contribution is 5.71. The maximum absolute atomic E-state index is 13.1. The molecule has 8 nitrogen and oxygen atoms in total. The van der Waals surface area contributed by atoms with Crippen LogP contribution in [0.15, 0.2) is 48.7 Å². The second kappa shape index (κ2) is 16.1. The highest BCUT2D eigenvalue weighted by Crippen LogP contribution is 2.34. The zero-order valence-corrected chi connectivity index (χ0v) is 27.0. The van der Waals surface area contributed by atoms with Crippen LogP contribution in [0.4, 0.5) is 24.8 Å². The Bertz CT molecular complexity index is 1650. The molecule has 45 heavy (non-hydrogen) atoms. The van der Waals surface area contributed by atoms with Crippen molar-refractivity contribution in [3.63, 3.8) is 0 Å². The minimum atomic E-state index is -4.43. The molecule has 4 aromatic rings. The first-order chi connectivity index (χ1) is 21.5. The number of piperazine rings is 1. The van der Waals surface area contributed by atoms with Crippen LogP contribution in [0, 0.1) is 32.6 Å². The third kappa shape index (κ3) is 9.80. The van der Waals surface area contributed by atoms with E-state index < -0.39 is 11.7 Å². The van der Waals surface area contributed by atoms with E-state index in [-0.39, 0.29) is 17.8 Å². The molecule has 0 unspecified atom stereocenters. The first-order valence-corrected chi connectivity index (χ1v) is 14.9. The number of halogens is 3. The topological polar surface area (TPSA) is 77.8 Å². The summed E-state index contributed by atoms with van der Waals surface area (Å²) in [6.07, 6.45) is -2.15. The van der Waals surface area contributed by atoms with Crippen LogP contribution in [0.1, 0.15) is 52.8 Å². The number of alkyl halides is 3. The molecular formula is C34H42F3N7O. The van der Waals surface area contributed by atoms with Crippen LogP contribution in [-0.2, 0) is 17.5 Å². The minimum Gasteiger partial charge on any atom is -0.356 e. The van der Waals surface area contributed by atoms with Gasteiger partial charge in [0.25, 0.3) is 0 Å². The normalized spacial score (nSPS) is 13.5. The minimum absolute atomic E-state index is 0.152. The summed E-state index contributed by atoms with van der Waals surface area (Å²) in [5, 5.41) is 9.58. The summed E-state index contributed by atoms with van der Waals surface area (Å²) in [5.74, 6) is 7.10. The molecule has 1 fully saturated rings. The fourth-order valence-electron chi connectivity index (χ4n) is 4.72. The van der Waals surface area contributed by atoms with Crippen LogP contribution >= 0.6 is 0 Å². The van der Waals surface area contributed by atoms with Crippen molar-refractivity contribution < 1.29 is 18.0 Å². The number of hydrogen-bond acceptors (Lipinski definition) is 6. The highest BCUT2D eigenvalue weighted by atomic mass is 19.4. The van der Waals surface area contributed by atoms with Crippen LogP contribution < -0.4 is 10.6 Å². The van der Waals surface area contributed by atoms with E-state index in [9.17, 15) is 18.0 Å². The average Bonchev–Trinajstić information content (AvgIpc) is 3.45. The summed E-state index contributed by atoms with van der Waals surface area (Å²) in [6, 6.07) is 12.3. The van der Waals surface area contributed by atoms with Crippen molar-refractivity contribution in [2.75, 3.05) is 50.9 Å². The molecule has 5 rings (SSSR count). The summed E-state index contributed by atoms with van der Waals surface area (Å²) >= 11 is 0. The molecule has 0 saturated carbocycles. The summed E-state index contributed by atoms with van der Waals surface area (Å²) < 4.78 is 41.2. The number of likely N-dealkylation sites (N-methyl/N-ethyl adjacent to an activating group) is 1. The molecule has 1 aliphatic heterocycles. The molecule has 0 bridgehead atoms. The van der Waals surface area contributed by atoms with Gasteiger partial charge in [-0.3, -0.25) is 9.69 Å². The quantitative estimate of drug-likeness (QED) is 0.206. The van der Waals surface area contributed by atoms with Gasteiger partial charge in [-0.25, -0.2) is 4.52 Å². The fourth-order valence-corrected chi connectivity index (χ4v) is 4.72. The molecule has 3 heterocycles. The summed E-state index contributed by atoms with van der Waals surface area (Å²) in [5.41, 5.74) is 6.01. The maximum atomic E-state index is 13.1. The van der Waals surface area contributed by atoms with Crippen molar-refractivity contribution >= 4 is 23.7 Å². The number of carbonyl (C=O) groups excluding carboxylic acids is 1. The first kappa shape index (κ1) is 35.1. The van der Waals surface area contributed by atoms with Crippen LogP contribution in [0.3, 0.4) is 0 Å². The Morgan fingerprint density at radius 2 is 1.67 bits per heavy atom. The third-order valence-corrected chi connectivity index (χ3v) is 7.21. The van der Waals surface area contributed by atoms with Gasteiger partial charge >= 0.3 is 6.18 Å². The monoisotopic (exact) mass is 621 g/mol. The number of aromatic nitrogens is 3. The average molecular weight is 622 g/mol. The number of nitrogens with zero attached hydrogens (tertiary/aromatic N) is 5. The highest BCUT2D eigenvalue weighted by Gasteiger charge is 2.34. The van der Waals surface area contributed by atoms with E-state index in [0.29, 0.717) is 12.4 Å². The number of pyridine rings is 1. The Balaban J connectivity index is 0.000000233. The number of nitrogens with one attached hydrogen (secondary N) is 2. The molecule has 2 N–H and O–H groups in total. The SMILES string of the molecule is CC.CN1CCN(Cc2ccc(NC=O)cc2C(F)(F)F)CC1.CNc1nc2c(C)cc(C#Cc3cc(C)ccc3C)cn2n1. The van der Waals surface area contributed by atoms with Gasteiger partial charge < -0.3 is 15.5 Å². The number of amides is 1. The van der Waals surface area contributed by atoms with E-state index in [1.54, 1.807) is 4.52 Å². The Kier molecular flexibility index (Phi) is 12.5. The lowest BCUT2D eigenvalue weighted by atomic mass is 10.0. The Hall–Kier alpha value is -4.40. The predicted molar refractivity (Wildman–Crippen MR) is 174 cm³/mol. The van der Waals surface area contributed by atoms with Gasteiger partial charge in [0, 0.05) is 62.8 Å². The summed E-state index contributed by atoms with van der Waals surface area (Å²) in [4.78, 5) is 18.9. The van der Waals surface area contributed by atoms with E-state index in [1.807, 2.05) is 52.0 Å². The number of hydrogen-bond donors (Lipinski definition) is 2. The van der Waals surface area contributed by atoms with Crippen LogP contribution in [0.5, 0.6) is 0 Å². The van der Waals surface area contributed by atoms with Gasteiger partial charge in [0.15, 0.2) is 5.65 Å². The molecular weight excluding hydrogens is 579 g/mol. The van der Waals surface area contributed by atoms with Gasteiger partial charge in [0.05, 0.1) is 5.56 Å². The molecule has 0 radical (unpaired) electrons. The largest absolute Gasteiger partial charge is 0.416 e. The number of fused-ring (bicyclic) bond motifs is 1. The van der Waals surface area contributed by atoms with Gasteiger partial charge in [0.2, 0.25) is 12.4 Å². The molecule has 11 heteroatoms. The van der Waals surface area contributed by atoms with Gasteiger partial charge in [-0.15, -0.1) is 5.10 Å². The number of aryl methyl sites for hydroxylation is 3. The van der Waals surface area contributed by atoms with Crippen molar-refractivity contribution in [1.82, 2.24) is 24.4 Å². The number of benzene rings is 2. The van der Waals surface area contributed by atoms with Gasteiger partial charge in [-0.1, -0.05) is 43.9 Å². The zero-order valence-electron chi connectivity index (χ0n) is 27.0. The molecule has 0 aliphatic carbocycles. The van der Waals surface area contributed by atoms with Crippen molar-refractivity contribution in [2.24, 2.45) is 0 Å². The van der Waals surface area contributed by atoms with Crippen molar-refractivity contribution in [2.45, 2.75) is 47.3 Å². The summed E-state index contributed by atoms with van der Waals surface area (Å²) in [7, 11) is 3.81. The molecule has 2 aromatic carbocycles. The van der Waals surface area contributed by atoms with Gasteiger partial charge in [-0.05, 0) is 74.3 Å². The smallest absolute Gasteiger partial charge is 0.356 e. The number of rotatable bonds is 5. The molecule has 2 aromatic heterocycles. The molecule has 1 saturated heterocycles. The lowest BCUT2D eigenvalue weighted by Gasteiger charge is -2.33. The third-order valence-electron chi connectivity index (χ3n) is 7.21. The zero-order chi connectivity index (χ0) is 33.1. The van der Waals surface area contributed by atoms with Crippen LogP contribution in [0.25, 0.3) is 5.65 Å². The maximum Gasteiger partial charge on any atom is 0.416 e. The second-order valence-corrected chi connectivity index (χ2v) is 10.6. The lowest BCUT2D eigenvalue weighted by molar-refractivity contribution is -0.138. The number of anilines is 2. The molecule has 240 valence electrons. The van der Waals surface area contributed by atoms with E-state index in [0.717, 1.165) is 54.6 Å². The molecule has 0 spiro atoms. The van der Waals surface area contributed by atoms with Crippen LogP contribution in [0.2, 0.25) is 0 Å². The van der Waals surface area contributed by atoms with E-state index in [2.05, 4.69) is 69.5 Å². The number of carbonyl (C=O) groups is 1. The predicted octanol–water partition coefficient (Wildman–Crippen LogP) is 6.14. The van der Waals surface area contributed by atoms with Crippen molar-refractivity contribution in [3.8, 4) is 11.8 Å². The van der Waals surface area contributed by atoms with Gasteiger partial charge in [-0.2, -0.15) is 18.2 Å². The first-order valence-electron chi connectivity index (χ1n) is 14.9. The fraction of sp³-hybridized carbons (Fsp3) is 0.382. The Labute approximate surface area is 263 Å². The Morgan fingerprint density at radius 3 is 2.31 bits per heavy atom. The lowest BCUT2D eigenvalue weighted by Crippen LogP contribution is -2.44. The van der Waals surface area contributed by atoms with E-state index in [1.165, 1.54) is 23.3 Å². The van der Waals surface area contributed by atoms with Gasteiger partial charge in [0.1, 0.15) is 0 Å². The van der Waals surface area contributed by atoms with E-state index in [4.69, 9.17) is 0 Å². The molecule has 0 atom stereocenters.